The third-order valence-electron chi connectivity index (χ3n) is 3.28. The van der Waals surface area contributed by atoms with Crippen molar-refractivity contribution in [2.45, 2.75) is 24.0 Å². The Balaban J connectivity index is 1.82. The van der Waals surface area contributed by atoms with E-state index in [1.807, 2.05) is 24.3 Å². The van der Waals surface area contributed by atoms with Gasteiger partial charge in [-0.15, -0.1) is 0 Å². The molecule has 25 heavy (non-hydrogen) atoms. The first-order valence-electron chi connectivity index (χ1n) is 7.45. The first-order valence-corrected chi connectivity index (χ1v) is 8.27. The first-order chi connectivity index (χ1) is 12.1. The Kier molecular flexibility index (Phi) is 4.82. The fourth-order valence-corrected chi connectivity index (χ4v) is 2.95. The first kappa shape index (κ1) is 16.7. The van der Waals surface area contributed by atoms with Crippen molar-refractivity contribution in [3.8, 4) is 6.07 Å². The number of carbonyl (C=O) groups excluding carboxylic acids is 1. The molecular formula is C18H14N4O2S. The maximum absolute atomic E-state index is 12.5. The van der Waals surface area contributed by atoms with Gasteiger partial charge in [-0.05, 0) is 55.9 Å². The second-order valence-corrected chi connectivity index (χ2v) is 6.27. The molecule has 0 radical (unpaired) electrons. The molecule has 0 unspecified atom stereocenters. The van der Waals surface area contributed by atoms with Gasteiger partial charge in [0.15, 0.2) is 5.09 Å². The van der Waals surface area contributed by atoms with Crippen molar-refractivity contribution in [1.82, 2.24) is 14.8 Å². The Hall–Kier alpha value is -3.11. The number of nitriles is 1. The summed E-state index contributed by atoms with van der Waals surface area (Å²) in [5.41, 5.74) is 1.35. The number of rotatable bonds is 4. The maximum atomic E-state index is 12.5. The minimum Gasteiger partial charge on any atom is -0.450 e. The van der Waals surface area contributed by atoms with Crippen molar-refractivity contribution in [1.29, 1.82) is 5.26 Å². The topological polar surface area (TPSA) is 84.7 Å². The highest BCUT2D eigenvalue weighted by atomic mass is 32.2. The lowest BCUT2D eigenvalue weighted by atomic mass is 10.2. The van der Waals surface area contributed by atoms with Gasteiger partial charge in [0.2, 0.25) is 0 Å². The Morgan fingerprint density at radius 2 is 2.16 bits per heavy atom. The standard InChI is InChI=1S/C18H14N4O2S/c1-12-9-13(2)22(21-12)18(23)14(11-19)10-15-6-7-17(24-15)25-16-5-3-4-8-20-16/h3-10H,1-2H3/b14-10+. The number of aryl methyl sites for hydroxylation is 2. The number of pyridine rings is 1. The van der Waals surface area contributed by atoms with E-state index in [9.17, 15) is 10.1 Å². The Bertz CT molecular complexity index is 980. The predicted molar refractivity (Wildman–Crippen MR) is 93.0 cm³/mol. The van der Waals surface area contributed by atoms with Gasteiger partial charge in [0.25, 0.3) is 5.91 Å². The SMILES string of the molecule is Cc1cc(C)n(C(=O)/C(C#N)=C/c2ccc(Sc3ccccn3)o2)n1. The zero-order valence-corrected chi connectivity index (χ0v) is 14.4. The van der Waals surface area contributed by atoms with Crippen LogP contribution in [0.3, 0.4) is 0 Å². The molecule has 0 aliphatic heterocycles. The normalized spacial score (nSPS) is 11.3. The van der Waals surface area contributed by atoms with Gasteiger partial charge in [-0.25, -0.2) is 9.67 Å². The zero-order chi connectivity index (χ0) is 17.8. The van der Waals surface area contributed by atoms with Gasteiger partial charge < -0.3 is 4.42 Å². The summed E-state index contributed by atoms with van der Waals surface area (Å²) in [7, 11) is 0. The molecule has 0 bridgehead atoms. The van der Waals surface area contributed by atoms with Gasteiger partial charge in [0, 0.05) is 18.0 Å². The molecule has 0 saturated heterocycles. The van der Waals surface area contributed by atoms with Crippen LogP contribution in [-0.4, -0.2) is 20.7 Å². The molecule has 7 heteroatoms. The average molecular weight is 350 g/mol. The lowest BCUT2D eigenvalue weighted by Crippen LogP contribution is -2.15. The summed E-state index contributed by atoms with van der Waals surface area (Å²) in [6, 6.07) is 12.8. The van der Waals surface area contributed by atoms with Gasteiger partial charge in [-0.2, -0.15) is 10.4 Å². The van der Waals surface area contributed by atoms with E-state index in [0.717, 1.165) is 10.7 Å². The summed E-state index contributed by atoms with van der Waals surface area (Å²) in [5.74, 6) is -0.0618. The maximum Gasteiger partial charge on any atom is 0.289 e. The van der Waals surface area contributed by atoms with Gasteiger partial charge in [0.1, 0.15) is 22.4 Å². The molecule has 0 fully saturated rings. The van der Waals surface area contributed by atoms with Crippen LogP contribution in [0.25, 0.3) is 6.08 Å². The summed E-state index contributed by atoms with van der Waals surface area (Å²) in [5, 5.41) is 14.9. The largest absolute Gasteiger partial charge is 0.450 e. The highest BCUT2D eigenvalue weighted by Gasteiger charge is 2.16. The molecule has 124 valence electrons. The number of allylic oxidation sites excluding steroid dienone is 1. The van der Waals surface area contributed by atoms with Crippen molar-refractivity contribution < 1.29 is 9.21 Å². The number of carbonyl (C=O) groups is 1. The molecule has 0 saturated carbocycles. The van der Waals surface area contributed by atoms with E-state index < -0.39 is 5.91 Å². The number of hydrogen-bond donors (Lipinski definition) is 0. The van der Waals surface area contributed by atoms with E-state index in [1.54, 1.807) is 38.2 Å². The van der Waals surface area contributed by atoms with E-state index >= 15 is 0 Å². The van der Waals surface area contributed by atoms with Crippen LogP contribution in [0.1, 0.15) is 21.9 Å². The van der Waals surface area contributed by atoms with Gasteiger partial charge in [0.05, 0.1) is 5.69 Å². The molecular weight excluding hydrogens is 336 g/mol. The van der Waals surface area contributed by atoms with Crippen LogP contribution in [-0.2, 0) is 0 Å². The molecule has 3 aromatic rings. The van der Waals surface area contributed by atoms with E-state index in [4.69, 9.17) is 4.42 Å². The summed E-state index contributed by atoms with van der Waals surface area (Å²) in [4.78, 5) is 16.7. The van der Waals surface area contributed by atoms with E-state index in [1.165, 1.54) is 22.5 Å². The molecule has 0 aromatic carbocycles. The van der Waals surface area contributed by atoms with Crippen molar-refractivity contribution in [3.63, 3.8) is 0 Å². The van der Waals surface area contributed by atoms with Crippen molar-refractivity contribution in [2.75, 3.05) is 0 Å². The number of hydrogen-bond acceptors (Lipinski definition) is 6. The Morgan fingerprint density at radius 1 is 1.32 bits per heavy atom. The van der Waals surface area contributed by atoms with Crippen molar-refractivity contribution in [2.24, 2.45) is 0 Å². The van der Waals surface area contributed by atoms with Crippen LogP contribution in [0.15, 0.2) is 62.7 Å². The number of aromatic nitrogens is 3. The molecule has 0 amide bonds. The van der Waals surface area contributed by atoms with Crippen molar-refractivity contribution in [3.05, 3.63) is 65.3 Å². The lowest BCUT2D eigenvalue weighted by molar-refractivity contribution is 0.0943. The highest BCUT2D eigenvalue weighted by Crippen LogP contribution is 2.28. The summed E-state index contributed by atoms with van der Waals surface area (Å²) in [6.45, 7) is 3.56. The lowest BCUT2D eigenvalue weighted by Gasteiger charge is -2.00. The average Bonchev–Trinajstić information content (AvgIpc) is 3.18. The van der Waals surface area contributed by atoms with Crippen LogP contribution in [0.4, 0.5) is 0 Å². The molecule has 0 aliphatic rings. The van der Waals surface area contributed by atoms with Crippen molar-refractivity contribution >= 4 is 23.7 Å². The molecule has 0 N–H and O–H groups in total. The fourth-order valence-electron chi connectivity index (χ4n) is 2.21. The Labute approximate surface area is 148 Å². The summed E-state index contributed by atoms with van der Waals surface area (Å²) in [6.07, 6.45) is 3.12. The second kappa shape index (κ2) is 7.20. The molecule has 0 spiro atoms. The van der Waals surface area contributed by atoms with Crippen LogP contribution < -0.4 is 0 Å². The molecule has 3 rings (SSSR count). The monoisotopic (exact) mass is 350 g/mol. The highest BCUT2D eigenvalue weighted by molar-refractivity contribution is 7.99. The van der Waals surface area contributed by atoms with E-state index in [-0.39, 0.29) is 5.57 Å². The number of nitrogens with zero attached hydrogens (tertiary/aromatic N) is 4. The third-order valence-corrected chi connectivity index (χ3v) is 4.16. The van der Waals surface area contributed by atoms with Gasteiger partial charge in [-0.1, -0.05) is 6.07 Å². The van der Waals surface area contributed by atoms with E-state index in [0.29, 0.717) is 16.5 Å². The molecule has 3 aromatic heterocycles. The van der Waals surface area contributed by atoms with E-state index in [2.05, 4.69) is 10.1 Å². The van der Waals surface area contributed by atoms with Crippen LogP contribution in [0.5, 0.6) is 0 Å². The molecule has 0 atom stereocenters. The fraction of sp³-hybridized carbons (Fsp3) is 0.111. The smallest absolute Gasteiger partial charge is 0.289 e. The summed E-state index contributed by atoms with van der Waals surface area (Å²) >= 11 is 1.36. The molecule has 0 aliphatic carbocycles. The molecule has 6 nitrogen and oxygen atoms in total. The van der Waals surface area contributed by atoms with Crippen LogP contribution in [0, 0.1) is 25.2 Å². The zero-order valence-electron chi connectivity index (χ0n) is 13.6. The minimum atomic E-state index is -0.483. The molecule has 3 heterocycles. The summed E-state index contributed by atoms with van der Waals surface area (Å²) < 4.78 is 6.87. The van der Waals surface area contributed by atoms with Gasteiger partial charge >= 0.3 is 0 Å². The Morgan fingerprint density at radius 3 is 2.80 bits per heavy atom. The third kappa shape index (κ3) is 3.87. The number of furan rings is 1. The minimum absolute atomic E-state index is 0.0464. The predicted octanol–water partition coefficient (Wildman–Crippen LogP) is 3.89. The second-order valence-electron chi connectivity index (χ2n) is 5.24. The van der Waals surface area contributed by atoms with Crippen LogP contribution >= 0.6 is 11.8 Å². The van der Waals surface area contributed by atoms with Crippen LogP contribution in [0.2, 0.25) is 0 Å². The van der Waals surface area contributed by atoms with Gasteiger partial charge in [-0.3, -0.25) is 4.79 Å². The quantitative estimate of drug-likeness (QED) is 0.524.